The van der Waals surface area contributed by atoms with Crippen LogP contribution >= 0.6 is 0 Å². The molecule has 20 rings (SSSR count). The van der Waals surface area contributed by atoms with Crippen molar-refractivity contribution in [1.82, 2.24) is 18.1 Å². The van der Waals surface area contributed by atoms with Crippen LogP contribution in [0.15, 0.2) is 255 Å². The SMILES string of the molecule is O=C(OCc1ccccc1)c1ccc2c(c1)-n1c3cc(C(=O)OCc4ccccc4)ccc3c3ccc4c(c31)B2n1c2c-4cccc2c2c1c1cccc3c1n2B1c2ccc(C(=O)OCc4ccccc4)cc2-n2c4cc(C(=O)OCc5ccccc5)ccc4c4ccc-3c1c42. The molecule has 96 heavy (non-hydrogen) atoms. The van der Waals surface area contributed by atoms with E-state index in [1.807, 2.05) is 182 Å². The summed E-state index contributed by atoms with van der Waals surface area (Å²) >= 11 is 0. The summed E-state index contributed by atoms with van der Waals surface area (Å²) in [5.74, 6) is -1.79. The highest BCUT2D eigenvalue weighted by atomic mass is 16.5. The van der Waals surface area contributed by atoms with Crippen molar-refractivity contribution in [3.63, 3.8) is 0 Å². The number of benzene rings is 12. The van der Waals surface area contributed by atoms with E-state index in [9.17, 15) is 19.2 Å². The summed E-state index contributed by atoms with van der Waals surface area (Å²) in [4.78, 5) is 57.3. The summed E-state index contributed by atoms with van der Waals surface area (Å²) in [6.45, 7) is -0.350. The van der Waals surface area contributed by atoms with Crippen molar-refractivity contribution in [2.75, 3.05) is 0 Å². The van der Waals surface area contributed by atoms with Crippen LogP contribution in [0.25, 0.3) is 110 Å². The Bertz CT molecular complexity index is 5760. The van der Waals surface area contributed by atoms with Gasteiger partial charge in [0, 0.05) is 65.9 Å². The second-order valence-corrected chi connectivity index (χ2v) is 25.4. The summed E-state index contributed by atoms with van der Waals surface area (Å²) < 4.78 is 33.7. The van der Waals surface area contributed by atoms with Gasteiger partial charge in [-0.1, -0.05) is 206 Å². The zero-order valence-corrected chi connectivity index (χ0v) is 51.3. The van der Waals surface area contributed by atoms with E-state index < -0.39 is 37.6 Å². The fourth-order valence-electron chi connectivity index (χ4n) is 16.2. The third-order valence-corrected chi connectivity index (χ3v) is 20.3. The van der Waals surface area contributed by atoms with Crippen LogP contribution in [0, 0.1) is 0 Å². The van der Waals surface area contributed by atoms with Crippen molar-refractivity contribution in [2.45, 2.75) is 26.4 Å². The lowest BCUT2D eigenvalue weighted by Gasteiger charge is -2.34. The van der Waals surface area contributed by atoms with Crippen LogP contribution < -0.4 is 21.9 Å². The molecule has 0 saturated heterocycles. The molecule has 16 aromatic rings. The minimum atomic E-state index is -0.453. The first-order valence-corrected chi connectivity index (χ1v) is 32.3. The standard InChI is InChI=1S/C82H50B2N4O8/c89-79(93-43-47-15-5-1-6-16-47)51-27-31-55-61-35-33-57-59-23-13-25-63-73(59)87(83-65-37-29-53(81(91)95-45-49-19-9-3-10-20-49)41-69(65)85(67(55)39-51)75(61)71(57)83)77-64-26-14-24-60-58-34-36-62-56-32-28-52(80(90)94-44-48-17-7-2-8-18-48)40-68(56)86-70-42-54(82(92)96-46-50-21-11-4-12-22-50)30-38-66(70)84(72(58)76(62)86)88(74(60)64)78(63)77/h1-42H,43-46H2. The minimum absolute atomic E-state index is 0.109. The van der Waals surface area contributed by atoms with E-state index in [0.29, 0.717) is 22.3 Å². The van der Waals surface area contributed by atoms with Gasteiger partial charge < -0.3 is 37.0 Å². The van der Waals surface area contributed by atoms with Crippen molar-refractivity contribution in [2.24, 2.45) is 0 Å². The number of para-hydroxylation sites is 2. The molecule has 8 heterocycles. The number of carbonyl (C=O) groups excluding carboxylic acids is 4. The minimum Gasteiger partial charge on any atom is -0.457 e. The van der Waals surface area contributed by atoms with Crippen LogP contribution in [0.2, 0.25) is 0 Å². The Hall–Kier alpha value is -12.4. The second-order valence-electron chi connectivity index (χ2n) is 25.4. The van der Waals surface area contributed by atoms with Gasteiger partial charge in [-0.15, -0.1) is 0 Å². The Kier molecular flexibility index (Phi) is 11.6. The molecule has 0 atom stereocenters. The quantitative estimate of drug-likeness (QED) is 0.0673. The van der Waals surface area contributed by atoms with Gasteiger partial charge in [-0.2, -0.15) is 0 Å². The van der Waals surface area contributed by atoms with E-state index in [-0.39, 0.29) is 26.4 Å². The monoisotopic (exact) mass is 1240 g/mol. The summed E-state index contributed by atoms with van der Waals surface area (Å²) in [5.41, 5.74) is 23.1. The molecule has 12 nitrogen and oxygen atoms in total. The van der Waals surface area contributed by atoms with E-state index >= 15 is 0 Å². The van der Waals surface area contributed by atoms with Crippen LogP contribution in [0.4, 0.5) is 0 Å². The van der Waals surface area contributed by atoms with Crippen LogP contribution in [-0.4, -0.2) is 55.7 Å². The first-order chi connectivity index (χ1) is 47.3. The number of carbonyl (C=O) groups is 4. The number of aromatic nitrogens is 4. The lowest BCUT2D eigenvalue weighted by atomic mass is 9.45. The number of esters is 4. The molecule has 0 aliphatic carbocycles. The van der Waals surface area contributed by atoms with Gasteiger partial charge in [0.05, 0.1) is 55.4 Å². The van der Waals surface area contributed by atoms with Gasteiger partial charge >= 0.3 is 37.6 Å². The summed E-state index contributed by atoms with van der Waals surface area (Å²) in [7, 11) is 0. The van der Waals surface area contributed by atoms with E-state index in [0.717, 1.165) is 154 Å². The largest absolute Gasteiger partial charge is 0.457 e. The predicted octanol–water partition coefficient (Wildman–Crippen LogP) is 14.3. The molecule has 0 unspecified atom stereocenters. The van der Waals surface area contributed by atoms with Crippen LogP contribution in [-0.2, 0) is 45.4 Å². The zero-order chi connectivity index (χ0) is 63.6. The number of rotatable bonds is 12. The Morgan fingerprint density at radius 1 is 0.281 bits per heavy atom. The highest BCUT2D eigenvalue weighted by molar-refractivity contribution is 6.92. The fourth-order valence-corrected chi connectivity index (χ4v) is 16.2. The first-order valence-electron chi connectivity index (χ1n) is 32.3. The van der Waals surface area contributed by atoms with Gasteiger partial charge in [0.25, 0.3) is 0 Å². The van der Waals surface area contributed by atoms with E-state index in [2.05, 4.69) is 90.9 Å². The van der Waals surface area contributed by atoms with Crippen molar-refractivity contribution < 1.29 is 38.1 Å². The average Bonchev–Trinajstić information content (AvgIpc) is 1.47. The molecule has 4 aromatic heterocycles. The molecule has 0 bridgehead atoms. The summed E-state index contributed by atoms with van der Waals surface area (Å²) in [5, 5.41) is 6.08. The predicted molar refractivity (Wildman–Crippen MR) is 378 cm³/mol. The smallest absolute Gasteiger partial charge is 0.338 e. The molecule has 4 aliphatic rings. The van der Waals surface area contributed by atoms with Gasteiger partial charge in [-0.05, 0) is 104 Å². The third-order valence-electron chi connectivity index (χ3n) is 20.3. The van der Waals surface area contributed by atoms with Gasteiger partial charge in [-0.25, -0.2) is 19.2 Å². The molecule has 0 spiro atoms. The van der Waals surface area contributed by atoms with E-state index in [1.165, 1.54) is 0 Å². The Balaban J connectivity index is 0.815. The van der Waals surface area contributed by atoms with E-state index in [1.54, 1.807) is 0 Å². The van der Waals surface area contributed by atoms with Gasteiger partial charge in [-0.3, -0.25) is 0 Å². The highest BCUT2D eigenvalue weighted by Crippen LogP contribution is 2.50. The maximum absolute atomic E-state index is 14.5. The molecule has 0 saturated carbocycles. The Morgan fingerprint density at radius 3 is 0.979 bits per heavy atom. The van der Waals surface area contributed by atoms with Crippen molar-refractivity contribution >= 4 is 136 Å². The highest BCUT2D eigenvalue weighted by Gasteiger charge is 2.47. The average molecular weight is 1240 g/mol. The maximum Gasteiger partial charge on any atom is 0.338 e. The Morgan fingerprint density at radius 2 is 0.615 bits per heavy atom. The van der Waals surface area contributed by atoms with Gasteiger partial charge in [0.2, 0.25) is 0 Å². The molecule has 4 aliphatic heterocycles. The molecule has 452 valence electrons. The summed E-state index contributed by atoms with van der Waals surface area (Å²) in [6.07, 6.45) is 0. The second kappa shape index (κ2) is 20.5. The van der Waals surface area contributed by atoms with Crippen LogP contribution in [0.5, 0.6) is 0 Å². The number of ether oxygens (including phenoxy) is 4. The molecule has 0 amide bonds. The molecule has 12 aromatic carbocycles. The maximum atomic E-state index is 14.5. The number of fused-ring (bicyclic) bond motifs is 21. The topological polar surface area (TPSA) is 125 Å². The van der Waals surface area contributed by atoms with Crippen LogP contribution in [0.3, 0.4) is 0 Å². The van der Waals surface area contributed by atoms with Crippen molar-refractivity contribution in [1.29, 1.82) is 0 Å². The van der Waals surface area contributed by atoms with Crippen molar-refractivity contribution in [3.05, 3.63) is 299 Å². The van der Waals surface area contributed by atoms with Crippen molar-refractivity contribution in [3.8, 4) is 33.6 Å². The fraction of sp³-hybridized carbons (Fsp3) is 0.0488. The molecule has 14 heteroatoms. The molecule has 0 radical (unpaired) electrons. The van der Waals surface area contributed by atoms with Gasteiger partial charge in [0.1, 0.15) is 26.4 Å². The lowest BCUT2D eigenvalue weighted by molar-refractivity contribution is 0.0464. The van der Waals surface area contributed by atoms with E-state index in [4.69, 9.17) is 18.9 Å². The number of nitrogens with zero attached hydrogens (tertiary/aromatic N) is 4. The first kappa shape index (κ1) is 54.2. The zero-order valence-electron chi connectivity index (χ0n) is 51.3. The van der Waals surface area contributed by atoms with Gasteiger partial charge in [0.15, 0.2) is 0 Å². The lowest BCUT2D eigenvalue weighted by Crippen LogP contribution is -2.55. The summed E-state index contributed by atoms with van der Waals surface area (Å²) in [6, 6.07) is 84.6. The molecular weight excluding hydrogens is 1190 g/mol. The number of hydrogen-bond donors (Lipinski definition) is 0. The van der Waals surface area contributed by atoms with Crippen LogP contribution in [0.1, 0.15) is 63.7 Å². The molecular formula is C82H50B2N4O8. The molecule has 0 fully saturated rings. The third kappa shape index (κ3) is 7.74. The number of hydrogen-bond acceptors (Lipinski definition) is 8. The Labute approximate surface area is 548 Å². The molecule has 0 N–H and O–H groups in total. The normalized spacial score (nSPS) is 12.7.